The quantitative estimate of drug-likeness (QED) is 0.742. The van der Waals surface area contributed by atoms with Crippen LogP contribution in [0.5, 0.6) is 0 Å². The molecule has 1 aliphatic heterocycles. The van der Waals surface area contributed by atoms with Gasteiger partial charge in [0.05, 0.1) is 11.6 Å². The highest BCUT2D eigenvalue weighted by molar-refractivity contribution is 5.97. The first kappa shape index (κ1) is 12.6. The molecular weight excluding hydrogens is 249 g/mol. The Bertz CT molecular complexity index is 471. The predicted octanol–water partition coefficient (Wildman–Crippen LogP) is 0.583. The third-order valence-electron chi connectivity index (χ3n) is 2.57. The smallest absolute Gasteiger partial charge is 0.365 e. The topological polar surface area (TPSA) is 80.0 Å². The SMILES string of the molecule is NC(=O)c1ccc(C(F)(F)F)nc1NC1CNC1. The molecule has 0 radical (unpaired) electrons. The number of primary amides is 1. The zero-order valence-electron chi connectivity index (χ0n) is 9.21. The molecule has 0 saturated carbocycles. The minimum Gasteiger partial charge on any atom is -0.365 e. The predicted molar refractivity (Wildman–Crippen MR) is 58.0 cm³/mol. The summed E-state index contributed by atoms with van der Waals surface area (Å²) < 4.78 is 37.5. The van der Waals surface area contributed by atoms with Crippen LogP contribution in [0.25, 0.3) is 0 Å². The summed E-state index contributed by atoms with van der Waals surface area (Å²) in [4.78, 5) is 14.5. The summed E-state index contributed by atoms with van der Waals surface area (Å²) in [5, 5.41) is 5.71. The number of anilines is 1. The maximum atomic E-state index is 12.5. The molecule has 1 fully saturated rings. The number of carbonyl (C=O) groups is 1. The number of hydrogen-bond donors (Lipinski definition) is 3. The number of rotatable bonds is 3. The average Bonchev–Trinajstić information content (AvgIpc) is 2.21. The molecule has 0 spiro atoms. The Morgan fingerprint density at radius 3 is 2.56 bits per heavy atom. The van der Waals surface area contributed by atoms with Gasteiger partial charge in [-0.2, -0.15) is 13.2 Å². The second-order valence-electron chi connectivity index (χ2n) is 3.95. The summed E-state index contributed by atoms with van der Waals surface area (Å²) in [5.74, 6) is -0.935. The standard InChI is InChI=1S/C10H11F3N4O/c11-10(12,13)7-2-1-6(8(14)18)9(17-7)16-5-3-15-4-5/h1-2,5,15H,3-4H2,(H2,14,18)(H,16,17). The highest BCUT2D eigenvalue weighted by atomic mass is 19.4. The van der Waals surface area contributed by atoms with E-state index in [0.717, 1.165) is 12.1 Å². The molecule has 2 heterocycles. The van der Waals surface area contributed by atoms with Gasteiger partial charge in [0.2, 0.25) is 0 Å². The van der Waals surface area contributed by atoms with Crippen LogP contribution in [0.2, 0.25) is 0 Å². The number of hydrogen-bond acceptors (Lipinski definition) is 4. The largest absolute Gasteiger partial charge is 0.433 e. The summed E-state index contributed by atoms with van der Waals surface area (Å²) in [6.07, 6.45) is -4.55. The van der Waals surface area contributed by atoms with E-state index in [9.17, 15) is 18.0 Å². The Morgan fingerprint density at radius 1 is 1.44 bits per heavy atom. The van der Waals surface area contributed by atoms with E-state index in [4.69, 9.17) is 5.73 Å². The first-order chi connectivity index (χ1) is 8.38. The zero-order valence-corrected chi connectivity index (χ0v) is 9.21. The molecule has 1 amide bonds. The van der Waals surface area contributed by atoms with E-state index < -0.39 is 17.8 Å². The molecule has 1 saturated heterocycles. The molecule has 1 aliphatic rings. The summed E-state index contributed by atoms with van der Waals surface area (Å²) >= 11 is 0. The minimum atomic E-state index is -4.55. The molecule has 0 atom stereocenters. The van der Waals surface area contributed by atoms with E-state index in [1.165, 1.54) is 0 Å². The van der Waals surface area contributed by atoms with Crippen LogP contribution in [0.15, 0.2) is 12.1 Å². The molecular formula is C10H11F3N4O. The fourth-order valence-corrected chi connectivity index (χ4v) is 1.51. The van der Waals surface area contributed by atoms with E-state index in [-0.39, 0.29) is 17.4 Å². The molecule has 0 unspecified atom stereocenters. The van der Waals surface area contributed by atoms with E-state index >= 15 is 0 Å². The molecule has 98 valence electrons. The van der Waals surface area contributed by atoms with E-state index in [1.807, 2.05) is 0 Å². The lowest BCUT2D eigenvalue weighted by Crippen LogP contribution is -2.51. The van der Waals surface area contributed by atoms with Gasteiger partial charge in [-0.3, -0.25) is 4.79 Å². The minimum absolute atomic E-state index is 0.0425. The van der Waals surface area contributed by atoms with Gasteiger partial charge in [-0.15, -0.1) is 0 Å². The number of pyridine rings is 1. The molecule has 8 heteroatoms. The third-order valence-corrected chi connectivity index (χ3v) is 2.57. The number of alkyl halides is 3. The second kappa shape index (κ2) is 4.45. The van der Waals surface area contributed by atoms with Crippen LogP contribution in [0, 0.1) is 0 Å². The Kier molecular flexibility index (Phi) is 3.12. The number of nitrogens with two attached hydrogens (primary N) is 1. The number of nitrogens with one attached hydrogen (secondary N) is 2. The second-order valence-corrected chi connectivity index (χ2v) is 3.95. The summed E-state index contributed by atoms with van der Waals surface area (Å²) in [5.41, 5.74) is 3.99. The van der Waals surface area contributed by atoms with Crippen LogP contribution < -0.4 is 16.4 Å². The lowest BCUT2D eigenvalue weighted by Gasteiger charge is -2.29. The van der Waals surface area contributed by atoms with Crippen molar-refractivity contribution in [2.24, 2.45) is 5.73 Å². The van der Waals surface area contributed by atoms with Crippen LogP contribution in [0.3, 0.4) is 0 Å². The van der Waals surface area contributed by atoms with Gasteiger partial charge < -0.3 is 16.4 Å². The van der Waals surface area contributed by atoms with E-state index in [2.05, 4.69) is 15.6 Å². The van der Waals surface area contributed by atoms with Crippen molar-refractivity contribution in [3.05, 3.63) is 23.4 Å². The zero-order chi connectivity index (χ0) is 13.3. The molecule has 2 rings (SSSR count). The van der Waals surface area contributed by atoms with Crippen molar-refractivity contribution < 1.29 is 18.0 Å². The van der Waals surface area contributed by atoms with Crippen molar-refractivity contribution in [2.45, 2.75) is 12.2 Å². The molecule has 18 heavy (non-hydrogen) atoms. The van der Waals surface area contributed by atoms with Crippen LogP contribution in [0.1, 0.15) is 16.1 Å². The van der Waals surface area contributed by atoms with Crippen LogP contribution in [0.4, 0.5) is 19.0 Å². The number of aromatic nitrogens is 1. The highest BCUT2D eigenvalue weighted by Gasteiger charge is 2.33. The number of amides is 1. The number of nitrogens with zero attached hydrogens (tertiary/aromatic N) is 1. The molecule has 0 aromatic carbocycles. The van der Waals surface area contributed by atoms with Gasteiger partial charge in [-0.05, 0) is 12.1 Å². The van der Waals surface area contributed by atoms with Crippen molar-refractivity contribution in [2.75, 3.05) is 18.4 Å². The fourth-order valence-electron chi connectivity index (χ4n) is 1.51. The van der Waals surface area contributed by atoms with Gasteiger partial charge >= 0.3 is 6.18 Å². The lowest BCUT2D eigenvalue weighted by atomic mass is 10.1. The van der Waals surface area contributed by atoms with Crippen molar-refractivity contribution in [1.29, 1.82) is 0 Å². The van der Waals surface area contributed by atoms with Crippen LogP contribution in [-0.4, -0.2) is 30.0 Å². The highest BCUT2D eigenvalue weighted by Crippen LogP contribution is 2.29. The molecule has 1 aromatic rings. The Balaban J connectivity index is 2.34. The Labute approximate surface area is 101 Å². The van der Waals surface area contributed by atoms with Gasteiger partial charge in [0.1, 0.15) is 11.5 Å². The Hall–Kier alpha value is -1.83. The van der Waals surface area contributed by atoms with Crippen LogP contribution >= 0.6 is 0 Å². The first-order valence-electron chi connectivity index (χ1n) is 5.23. The monoisotopic (exact) mass is 260 g/mol. The summed E-state index contributed by atoms with van der Waals surface area (Å²) in [6, 6.07) is 1.73. The summed E-state index contributed by atoms with van der Waals surface area (Å²) in [6.45, 7) is 1.21. The van der Waals surface area contributed by atoms with Gasteiger partial charge in [0.25, 0.3) is 5.91 Å². The van der Waals surface area contributed by atoms with E-state index in [0.29, 0.717) is 13.1 Å². The van der Waals surface area contributed by atoms with Crippen molar-refractivity contribution in [3.8, 4) is 0 Å². The molecule has 0 aliphatic carbocycles. The normalized spacial score (nSPS) is 16.2. The van der Waals surface area contributed by atoms with Gasteiger partial charge in [-0.1, -0.05) is 0 Å². The maximum Gasteiger partial charge on any atom is 0.433 e. The van der Waals surface area contributed by atoms with Gasteiger partial charge in [0, 0.05) is 13.1 Å². The first-order valence-corrected chi connectivity index (χ1v) is 5.23. The lowest BCUT2D eigenvalue weighted by molar-refractivity contribution is -0.141. The maximum absolute atomic E-state index is 12.5. The number of carbonyl (C=O) groups excluding carboxylic acids is 1. The van der Waals surface area contributed by atoms with Gasteiger partial charge in [-0.25, -0.2) is 4.98 Å². The average molecular weight is 260 g/mol. The molecule has 0 bridgehead atoms. The van der Waals surface area contributed by atoms with Crippen LogP contribution in [-0.2, 0) is 6.18 Å². The van der Waals surface area contributed by atoms with Crippen molar-refractivity contribution in [1.82, 2.24) is 10.3 Å². The summed E-state index contributed by atoms with van der Waals surface area (Å²) in [7, 11) is 0. The van der Waals surface area contributed by atoms with Gasteiger partial charge in [0.15, 0.2) is 0 Å². The Morgan fingerprint density at radius 2 is 2.11 bits per heavy atom. The number of halogens is 3. The van der Waals surface area contributed by atoms with E-state index in [1.54, 1.807) is 0 Å². The third kappa shape index (κ3) is 2.53. The van der Waals surface area contributed by atoms with Crippen molar-refractivity contribution in [3.63, 3.8) is 0 Å². The molecule has 5 nitrogen and oxygen atoms in total. The van der Waals surface area contributed by atoms with Crippen molar-refractivity contribution >= 4 is 11.7 Å². The molecule has 1 aromatic heterocycles. The fraction of sp³-hybridized carbons (Fsp3) is 0.400. The molecule has 4 N–H and O–H groups in total.